The summed E-state index contributed by atoms with van der Waals surface area (Å²) in [5.74, 6) is -0.445. The summed E-state index contributed by atoms with van der Waals surface area (Å²) in [5, 5.41) is 3.05. The molecule has 1 amide bonds. The minimum atomic E-state index is -4.34. The summed E-state index contributed by atoms with van der Waals surface area (Å²) in [6.07, 6.45) is -2.55. The number of likely N-dealkylation sites (N-methyl/N-ethyl adjacent to an activating group) is 1. The number of alkyl halides is 3. The maximum absolute atomic E-state index is 12.4. The van der Waals surface area contributed by atoms with Gasteiger partial charge in [0.15, 0.2) is 0 Å². The third kappa shape index (κ3) is 3.86. The molecule has 3 nitrogen and oxygen atoms in total. The molecule has 1 rings (SSSR count). The van der Waals surface area contributed by atoms with Gasteiger partial charge in [0, 0.05) is 6.54 Å². The zero-order valence-electron chi connectivity index (χ0n) is 11.1. The Morgan fingerprint density at radius 2 is 2.06 bits per heavy atom. The lowest BCUT2D eigenvalue weighted by molar-refractivity contribution is -0.164. The maximum Gasteiger partial charge on any atom is 0.406 e. The summed E-state index contributed by atoms with van der Waals surface area (Å²) in [7, 11) is 0. The lowest BCUT2D eigenvalue weighted by Crippen LogP contribution is -2.57. The second-order valence-corrected chi connectivity index (χ2v) is 5.45. The zero-order valence-corrected chi connectivity index (χ0v) is 11.1. The van der Waals surface area contributed by atoms with E-state index in [1.165, 1.54) is 0 Å². The number of piperidine rings is 1. The summed E-state index contributed by atoms with van der Waals surface area (Å²) in [6, 6.07) is -0.520. The molecule has 0 aliphatic carbocycles. The van der Waals surface area contributed by atoms with Crippen LogP contribution in [-0.4, -0.2) is 42.7 Å². The molecule has 0 aromatic rings. The Bertz CT molecular complexity index is 302. The molecule has 0 aromatic carbocycles. The van der Waals surface area contributed by atoms with Crippen molar-refractivity contribution < 1.29 is 18.0 Å². The van der Waals surface area contributed by atoms with Gasteiger partial charge in [-0.2, -0.15) is 13.2 Å². The summed E-state index contributed by atoms with van der Waals surface area (Å²) in [5.41, 5.74) is -0.297. The van der Waals surface area contributed by atoms with Crippen LogP contribution >= 0.6 is 0 Å². The molecule has 0 saturated carbocycles. The fraction of sp³-hybridized carbons (Fsp3) is 0.917. The fourth-order valence-corrected chi connectivity index (χ4v) is 2.38. The summed E-state index contributed by atoms with van der Waals surface area (Å²) >= 11 is 0. The van der Waals surface area contributed by atoms with E-state index in [2.05, 4.69) is 5.32 Å². The van der Waals surface area contributed by atoms with Crippen LogP contribution in [0.4, 0.5) is 13.2 Å². The molecule has 0 bridgehead atoms. The van der Waals surface area contributed by atoms with Crippen LogP contribution in [0.5, 0.6) is 0 Å². The van der Waals surface area contributed by atoms with Crippen LogP contribution in [0.2, 0.25) is 0 Å². The molecule has 6 heteroatoms. The Hall–Kier alpha value is -0.780. The molecule has 1 atom stereocenters. The van der Waals surface area contributed by atoms with Gasteiger partial charge in [-0.3, -0.25) is 4.79 Å². The Labute approximate surface area is 106 Å². The number of nitrogens with one attached hydrogen (secondary N) is 1. The summed E-state index contributed by atoms with van der Waals surface area (Å²) in [6.45, 7) is 5.00. The van der Waals surface area contributed by atoms with Crippen LogP contribution in [-0.2, 0) is 4.79 Å². The molecule has 1 unspecified atom stereocenters. The first-order chi connectivity index (χ1) is 8.17. The Balaban J connectivity index is 2.77. The van der Waals surface area contributed by atoms with Crippen molar-refractivity contribution in [2.24, 2.45) is 5.41 Å². The highest BCUT2D eigenvalue weighted by atomic mass is 19.4. The number of rotatable bonds is 3. The molecule has 18 heavy (non-hydrogen) atoms. The Morgan fingerprint density at radius 1 is 1.44 bits per heavy atom. The molecule has 1 saturated heterocycles. The monoisotopic (exact) mass is 266 g/mol. The average molecular weight is 266 g/mol. The summed E-state index contributed by atoms with van der Waals surface area (Å²) in [4.78, 5) is 13.1. The number of hydrogen-bond donors (Lipinski definition) is 1. The first kappa shape index (κ1) is 15.3. The van der Waals surface area contributed by atoms with E-state index in [0.29, 0.717) is 6.54 Å². The quantitative estimate of drug-likeness (QED) is 0.849. The van der Waals surface area contributed by atoms with E-state index < -0.39 is 24.7 Å². The van der Waals surface area contributed by atoms with E-state index >= 15 is 0 Å². The fourth-order valence-electron chi connectivity index (χ4n) is 2.38. The van der Waals surface area contributed by atoms with Gasteiger partial charge in [-0.15, -0.1) is 0 Å². The van der Waals surface area contributed by atoms with Crippen molar-refractivity contribution >= 4 is 5.91 Å². The number of nitrogens with zero attached hydrogens (tertiary/aromatic N) is 1. The van der Waals surface area contributed by atoms with Gasteiger partial charge in [-0.1, -0.05) is 13.8 Å². The van der Waals surface area contributed by atoms with Crippen molar-refractivity contribution in [2.75, 3.05) is 19.6 Å². The van der Waals surface area contributed by atoms with Crippen molar-refractivity contribution in [3.05, 3.63) is 0 Å². The first-order valence-electron chi connectivity index (χ1n) is 6.26. The van der Waals surface area contributed by atoms with Gasteiger partial charge in [-0.25, -0.2) is 0 Å². The van der Waals surface area contributed by atoms with Gasteiger partial charge in [-0.05, 0) is 31.7 Å². The predicted octanol–water partition coefficient (Wildman–Crippen LogP) is 2.18. The van der Waals surface area contributed by atoms with Crippen molar-refractivity contribution in [1.82, 2.24) is 10.2 Å². The highest BCUT2D eigenvalue weighted by Gasteiger charge is 2.41. The lowest BCUT2D eigenvalue weighted by atomic mass is 9.77. The van der Waals surface area contributed by atoms with Crippen LogP contribution < -0.4 is 5.32 Å². The molecular weight excluding hydrogens is 245 g/mol. The van der Waals surface area contributed by atoms with Gasteiger partial charge in [0.1, 0.15) is 6.54 Å². The SMILES string of the molecule is CCN(CC(F)(F)F)C(=O)C1NCCCC1(C)C. The predicted molar refractivity (Wildman–Crippen MR) is 63.1 cm³/mol. The van der Waals surface area contributed by atoms with Crippen molar-refractivity contribution in [3.8, 4) is 0 Å². The van der Waals surface area contributed by atoms with E-state index in [0.717, 1.165) is 17.7 Å². The van der Waals surface area contributed by atoms with Crippen molar-refractivity contribution in [2.45, 2.75) is 45.8 Å². The first-order valence-corrected chi connectivity index (χ1v) is 6.26. The summed E-state index contributed by atoms with van der Waals surface area (Å²) < 4.78 is 37.2. The number of amides is 1. The molecule has 1 heterocycles. The van der Waals surface area contributed by atoms with Crippen LogP contribution in [0.25, 0.3) is 0 Å². The van der Waals surface area contributed by atoms with Gasteiger partial charge in [0.25, 0.3) is 0 Å². The Kier molecular flexibility index (Phi) is 4.64. The lowest BCUT2D eigenvalue weighted by Gasteiger charge is -2.40. The standard InChI is InChI=1S/C12H21F3N2O/c1-4-17(8-12(13,14)15)10(18)9-11(2,3)6-5-7-16-9/h9,16H,4-8H2,1-3H3. The smallest absolute Gasteiger partial charge is 0.332 e. The highest BCUT2D eigenvalue weighted by Crippen LogP contribution is 2.31. The third-order valence-electron chi connectivity index (χ3n) is 3.44. The van der Waals surface area contributed by atoms with Crippen LogP contribution in [0, 0.1) is 5.41 Å². The molecule has 1 fully saturated rings. The van der Waals surface area contributed by atoms with Crippen molar-refractivity contribution in [1.29, 1.82) is 0 Å². The van der Waals surface area contributed by atoms with E-state index in [1.54, 1.807) is 6.92 Å². The molecule has 1 N–H and O–H groups in total. The molecule has 0 aromatic heterocycles. The van der Waals surface area contributed by atoms with Crippen LogP contribution in [0.15, 0.2) is 0 Å². The largest absolute Gasteiger partial charge is 0.406 e. The minimum absolute atomic E-state index is 0.0760. The molecule has 1 aliphatic heterocycles. The van der Waals surface area contributed by atoms with E-state index in [4.69, 9.17) is 0 Å². The van der Waals surface area contributed by atoms with E-state index in [9.17, 15) is 18.0 Å². The minimum Gasteiger partial charge on any atom is -0.332 e. The van der Waals surface area contributed by atoms with Gasteiger partial charge >= 0.3 is 6.18 Å². The third-order valence-corrected chi connectivity index (χ3v) is 3.44. The van der Waals surface area contributed by atoms with Crippen LogP contribution in [0.3, 0.4) is 0 Å². The van der Waals surface area contributed by atoms with E-state index in [1.807, 2.05) is 13.8 Å². The second kappa shape index (κ2) is 5.47. The average Bonchev–Trinajstić information content (AvgIpc) is 2.23. The normalized spacial score (nSPS) is 23.8. The van der Waals surface area contributed by atoms with Gasteiger partial charge in [0.2, 0.25) is 5.91 Å². The molecule has 0 radical (unpaired) electrons. The topological polar surface area (TPSA) is 32.3 Å². The van der Waals surface area contributed by atoms with Gasteiger partial charge in [0.05, 0.1) is 6.04 Å². The van der Waals surface area contributed by atoms with E-state index in [-0.39, 0.29) is 12.0 Å². The number of hydrogen-bond acceptors (Lipinski definition) is 2. The number of halogens is 3. The van der Waals surface area contributed by atoms with Gasteiger partial charge < -0.3 is 10.2 Å². The highest BCUT2D eigenvalue weighted by molar-refractivity contribution is 5.83. The Morgan fingerprint density at radius 3 is 2.50 bits per heavy atom. The zero-order chi connectivity index (χ0) is 14.0. The molecular formula is C12H21F3N2O. The van der Waals surface area contributed by atoms with Crippen molar-refractivity contribution in [3.63, 3.8) is 0 Å². The maximum atomic E-state index is 12.4. The molecule has 1 aliphatic rings. The molecule has 106 valence electrons. The number of carbonyl (C=O) groups excluding carboxylic acids is 1. The van der Waals surface area contributed by atoms with Crippen LogP contribution in [0.1, 0.15) is 33.6 Å². The number of carbonyl (C=O) groups is 1. The second-order valence-electron chi connectivity index (χ2n) is 5.45. The molecule has 0 spiro atoms.